The van der Waals surface area contributed by atoms with Crippen LogP contribution in [0.3, 0.4) is 0 Å². The highest BCUT2D eigenvalue weighted by Gasteiger charge is 2.26. The van der Waals surface area contributed by atoms with Crippen molar-refractivity contribution in [2.75, 3.05) is 33.4 Å². The molecular formula is C26H45N3O5. The molecule has 8 nitrogen and oxygen atoms in total. The third-order valence-corrected chi connectivity index (χ3v) is 5.82. The van der Waals surface area contributed by atoms with E-state index < -0.39 is 17.6 Å². The van der Waals surface area contributed by atoms with Crippen LogP contribution in [0, 0.1) is 17.3 Å². The van der Waals surface area contributed by atoms with Crippen molar-refractivity contribution in [2.24, 2.45) is 23.0 Å². The number of nitrogens with two attached hydrogens (primary N) is 1. The number of benzene rings is 1. The van der Waals surface area contributed by atoms with Gasteiger partial charge in [-0.1, -0.05) is 46.8 Å². The Morgan fingerprint density at radius 1 is 1.06 bits per heavy atom. The molecule has 1 aromatic carbocycles. The number of nitrogens with one attached hydrogen (secondary N) is 2. The molecule has 0 heterocycles. The maximum atomic E-state index is 12.9. The molecule has 3 atom stereocenters. The van der Waals surface area contributed by atoms with Crippen LogP contribution in [0.2, 0.25) is 0 Å². The van der Waals surface area contributed by atoms with Gasteiger partial charge in [0, 0.05) is 38.3 Å². The van der Waals surface area contributed by atoms with E-state index in [2.05, 4.69) is 24.5 Å². The lowest BCUT2D eigenvalue weighted by molar-refractivity contribution is -0.129. The summed E-state index contributed by atoms with van der Waals surface area (Å²) in [5.41, 5.74) is 6.20. The van der Waals surface area contributed by atoms with Crippen molar-refractivity contribution in [1.82, 2.24) is 10.6 Å². The van der Waals surface area contributed by atoms with Gasteiger partial charge in [-0.05, 0) is 43.2 Å². The molecule has 8 heteroatoms. The standard InChI is InChI=1S/C26H45N3O5/c1-18(2)19(15-21(27)22(30)17-29-25(32)26(3,4)5)16-28-24(31)20-11-7-8-12-23(20)34-14-10-9-13-33-6/h7-8,11-12,18-19,21-22,30H,9-10,13-17,27H2,1-6H3,(H,28,31)(H,29,32)/t19-,21+,22+/m1/s1. The molecule has 0 bridgehead atoms. The van der Waals surface area contributed by atoms with Gasteiger partial charge in [0.2, 0.25) is 5.91 Å². The number of hydrogen-bond donors (Lipinski definition) is 4. The van der Waals surface area contributed by atoms with Crippen LogP contribution in [-0.4, -0.2) is 62.5 Å². The third-order valence-electron chi connectivity index (χ3n) is 5.82. The highest BCUT2D eigenvalue weighted by atomic mass is 16.5. The lowest BCUT2D eigenvalue weighted by atomic mass is 9.87. The zero-order chi connectivity index (χ0) is 25.7. The average Bonchev–Trinajstić information content (AvgIpc) is 2.78. The minimum Gasteiger partial charge on any atom is -0.493 e. The van der Waals surface area contributed by atoms with Gasteiger partial charge in [-0.25, -0.2) is 0 Å². The fourth-order valence-electron chi connectivity index (χ4n) is 3.34. The highest BCUT2D eigenvalue weighted by molar-refractivity contribution is 5.96. The molecule has 5 N–H and O–H groups in total. The maximum Gasteiger partial charge on any atom is 0.255 e. The van der Waals surface area contributed by atoms with Gasteiger partial charge in [-0.3, -0.25) is 9.59 Å². The summed E-state index contributed by atoms with van der Waals surface area (Å²) in [7, 11) is 1.67. The van der Waals surface area contributed by atoms with Crippen molar-refractivity contribution in [3.8, 4) is 5.75 Å². The number of ether oxygens (including phenoxy) is 2. The Bertz CT molecular complexity index is 748. The van der Waals surface area contributed by atoms with Gasteiger partial charge in [0.1, 0.15) is 5.75 Å². The van der Waals surface area contributed by atoms with E-state index in [1.165, 1.54) is 0 Å². The number of para-hydroxylation sites is 1. The topological polar surface area (TPSA) is 123 Å². The van der Waals surface area contributed by atoms with Crippen LogP contribution in [0.25, 0.3) is 0 Å². The van der Waals surface area contributed by atoms with Gasteiger partial charge in [0.15, 0.2) is 0 Å². The SMILES string of the molecule is COCCCCOc1ccccc1C(=O)NC[C@@H](C[C@H](N)[C@@H](O)CNC(=O)C(C)(C)C)C(C)C. The van der Waals surface area contributed by atoms with Gasteiger partial charge in [-0.15, -0.1) is 0 Å². The summed E-state index contributed by atoms with van der Waals surface area (Å²) in [6.07, 6.45) is 1.39. The fourth-order valence-corrected chi connectivity index (χ4v) is 3.34. The number of aliphatic hydroxyl groups is 1. The second-order valence-corrected chi connectivity index (χ2v) is 10.2. The monoisotopic (exact) mass is 479 g/mol. The van der Waals surface area contributed by atoms with Crippen molar-refractivity contribution < 1.29 is 24.2 Å². The van der Waals surface area contributed by atoms with Crippen LogP contribution in [0.4, 0.5) is 0 Å². The van der Waals surface area contributed by atoms with E-state index in [9.17, 15) is 14.7 Å². The van der Waals surface area contributed by atoms with Crippen molar-refractivity contribution in [3.05, 3.63) is 29.8 Å². The highest BCUT2D eigenvalue weighted by Crippen LogP contribution is 2.21. The number of hydrogen-bond acceptors (Lipinski definition) is 6. The minimum atomic E-state index is -0.865. The normalized spacial score (nSPS) is 14.4. The number of carbonyl (C=O) groups is 2. The first-order valence-corrected chi connectivity index (χ1v) is 12.2. The van der Waals surface area contributed by atoms with Gasteiger partial charge in [0.25, 0.3) is 5.91 Å². The summed E-state index contributed by atoms with van der Waals surface area (Å²) >= 11 is 0. The first kappa shape index (κ1) is 29.9. The molecular weight excluding hydrogens is 434 g/mol. The lowest BCUT2D eigenvalue weighted by Crippen LogP contribution is -2.47. The van der Waals surface area contributed by atoms with Crippen LogP contribution in [0.5, 0.6) is 5.75 Å². The predicted octanol–water partition coefficient (Wildman–Crippen LogP) is 2.73. The fraction of sp³-hybridized carbons (Fsp3) is 0.692. The summed E-state index contributed by atoms with van der Waals surface area (Å²) in [6.45, 7) is 11.3. The van der Waals surface area contributed by atoms with E-state index in [4.69, 9.17) is 15.2 Å². The zero-order valence-electron chi connectivity index (χ0n) is 21.7. The Morgan fingerprint density at radius 3 is 2.32 bits per heavy atom. The van der Waals surface area contributed by atoms with Crippen molar-refractivity contribution in [3.63, 3.8) is 0 Å². The smallest absolute Gasteiger partial charge is 0.255 e. The minimum absolute atomic E-state index is 0.0639. The van der Waals surface area contributed by atoms with Crippen LogP contribution < -0.4 is 21.1 Å². The Kier molecular flexibility index (Phi) is 13.1. The summed E-state index contributed by atoms with van der Waals surface area (Å²) in [6, 6.07) is 6.68. The van der Waals surface area contributed by atoms with Gasteiger partial charge in [-0.2, -0.15) is 0 Å². The Morgan fingerprint density at radius 2 is 1.71 bits per heavy atom. The van der Waals surface area contributed by atoms with E-state index in [1.807, 2.05) is 32.9 Å². The number of unbranched alkanes of at least 4 members (excludes halogenated alkanes) is 1. The Balaban J connectivity index is 2.62. The van der Waals surface area contributed by atoms with Crippen LogP contribution in [0.15, 0.2) is 24.3 Å². The second kappa shape index (κ2) is 15.0. The summed E-state index contributed by atoms with van der Waals surface area (Å²) in [5.74, 6) is 0.528. The molecule has 0 aromatic heterocycles. The molecule has 0 aliphatic heterocycles. The van der Waals surface area contributed by atoms with E-state index in [0.717, 1.165) is 12.8 Å². The summed E-state index contributed by atoms with van der Waals surface area (Å²) in [4.78, 5) is 24.9. The van der Waals surface area contributed by atoms with Gasteiger partial charge < -0.3 is 30.9 Å². The van der Waals surface area contributed by atoms with Gasteiger partial charge in [0.05, 0.1) is 18.3 Å². The van der Waals surface area contributed by atoms with E-state index in [0.29, 0.717) is 37.5 Å². The molecule has 0 fully saturated rings. The van der Waals surface area contributed by atoms with Crippen LogP contribution in [-0.2, 0) is 9.53 Å². The Hall–Kier alpha value is -2.16. The molecule has 1 rings (SSSR count). The zero-order valence-corrected chi connectivity index (χ0v) is 21.7. The molecule has 34 heavy (non-hydrogen) atoms. The molecule has 0 aliphatic rings. The Labute approximate surface area is 205 Å². The largest absolute Gasteiger partial charge is 0.493 e. The number of carbonyl (C=O) groups excluding carboxylic acids is 2. The molecule has 0 saturated heterocycles. The third kappa shape index (κ3) is 10.8. The molecule has 0 spiro atoms. The van der Waals surface area contributed by atoms with Gasteiger partial charge >= 0.3 is 0 Å². The summed E-state index contributed by atoms with van der Waals surface area (Å²) < 4.78 is 10.9. The number of aliphatic hydroxyl groups excluding tert-OH is 1. The first-order valence-electron chi connectivity index (χ1n) is 12.2. The number of amides is 2. The van der Waals surface area contributed by atoms with Crippen LogP contribution in [0.1, 0.15) is 64.2 Å². The van der Waals surface area contributed by atoms with E-state index in [1.54, 1.807) is 19.2 Å². The van der Waals surface area contributed by atoms with E-state index in [-0.39, 0.29) is 30.2 Å². The quantitative estimate of drug-likeness (QED) is 0.287. The number of methoxy groups -OCH3 is 1. The van der Waals surface area contributed by atoms with Crippen molar-refractivity contribution >= 4 is 11.8 Å². The lowest BCUT2D eigenvalue weighted by Gasteiger charge is -2.28. The molecule has 194 valence electrons. The molecule has 0 radical (unpaired) electrons. The molecule has 0 aliphatic carbocycles. The molecule has 0 saturated carbocycles. The van der Waals surface area contributed by atoms with Crippen LogP contribution >= 0.6 is 0 Å². The van der Waals surface area contributed by atoms with Crippen molar-refractivity contribution in [2.45, 2.75) is 66.0 Å². The molecule has 1 aromatic rings. The first-order chi connectivity index (χ1) is 16.0. The summed E-state index contributed by atoms with van der Waals surface area (Å²) in [5, 5.41) is 16.2. The van der Waals surface area contributed by atoms with Crippen molar-refractivity contribution in [1.29, 1.82) is 0 Å². The average molecular weight is 480 g/mol. The number of rotatable bonds is 15. The predicted molar refractivity (Wildman–Crippen MR) is 135 cm³/mol. The van der Waals surface area contributed by atoms with E-state index >= 15 is 0 Å². The second-order valence-electron chi connectivity index (χ2n) is 10.2. The maximum absolute atomic E-state index is 12.9. The molecule has 0 unspecified atom stereocenters. The molecule has 2 amide bonds.